The number of carbonyl (C=O) groups is 2. The molecular weight excluding hydrogens is 282 g/mol. The Morgan fingerprint density at radius 2 is 1.86 bits per heavy atom. The van der Waals surface area contributed by atoms with Crippen molar-refractivity contribution in [2.24, 2.45) is 10.8 Å². The Morgan fingerprint density at radius 3 is 2.45 bits per heavy atom. The van der Waals surface area contributed by atoms with Gasteiger partial charge in [0.15, 0.2) is 0 Å². The number of hydrogen-bond acceptors (Lipinski definition) is 3. The monoisotopic (exact) mass is 295 g/mol. The number of anilines is 1. The van der Waals surface area contributed by atoms with E-state index in [9.17, 15) is 9.59 Å². The second-order valence-corrected chi connectivity index (χ2v) is 4.55. The van der Waals surface area contributed by atoms with Gasteiger partial charge in [-0.3, -0.25) is 9.59 Å². The highest BCUT2D eigenvalue weighted by molar-refractivity contribution is 6.09. The number of carbonyl (C=O) groups excluding carboxylic acids is 2. The average molecular weight is 295 g/mol. The lowest BCUT2D eigenvalue weighted by Crippen LogP contribution is -2.19. The van der Waals surface area contributed by atoms with Gasteiger partial charge >= 0.3 is 0 Å². The van der Waals surface area contributed by atoms with E-state index in [1.54, 1.807) is 25.1 Å². The fourth-order valence-corrected chi connectivity index (χ4v) is 1.96. The molecule has 0 aromatic heterocycles. The Balaban J connectivity index is 2.29. The first kappa shape index (κ1) is 15.1. The molecule has 0 spiro atoms. The van der Waals surface area contributed by atoms with E-state index in [0.29, 0.717) is 16.9 Å². The van der Waals surface area contributed by atoms with Gasteiger partial charge in [-0.2, -0.15) is 0 Å². The number of nitrogens with two attached hydrogens (primary N) is 1. The highest BCUT2D eigenvalue weighted by atomic mass is 16.2. The number of primary amides is 1. The van der Waals surface area contributed by atoms with Gasteiger partial charge in [0.05, 0.1) is 11.3 Å². The van der Waals surface area contributed by atoms with E-state index in [2.05, 4.69) is 15.3 Å². The summed E-state index contributed by atoms with van der Waals surface area (Å²) in [6, 6.07) is 11.1. The highest BCUT2D eigenvalue weighted by Gasteiger charge is 2.14. The minimum absolute atomic E-state index is 0.249. The maximum Gasteiger partial charge on any atom is 0.255 e. The van der Waals surface area contributed by atoms with E-state index in [4.69, 9.17) is 11.3 Å². The Bertz CT molecular complexity index is 777. The summed E-state index contributed by atoms with van der Waals surface area (Å²) < 4.78 is 0. The third-order valence-electron chi connectivity index (χ3n) is 3.07. The maximum atomic E-state index is 12.2. The summed E-state index contributed by atoms with van der Waals surface area (Å²) in [4.78, 5) is 26.3. The quantitative estimate of drug-likeness (QED) is 0.511. The molecule has 0 unspecified atom stereocenters. The van der Waals surface area contributed by atoms with E-state index >= 15 is 0 Å². The first-order valence-electron chi connectivity index (χ1n) is 6.39. The first-order chi connectivity index (χ1) is 10.5. The van der Waals surface area contributed by atoms with Gasteiger partial charge in [0.25, 0.3) is 11.8 Å². The van der Waals surface area contributed by atoms with Crippen molar-refractivity contribution in [3.8, 4) is 0 Å². The van der Waals surface area contributed by atoms with Crippen LogP contribution >= 0.6 is 0 Å². The molecule has 7 heteroatoms. The second-order valence-electron chi connectivity index (χ2n) is 4.55. The molecule has 0 aliphatic rings. The van der Waals surface area contributed by atoms with Crippen LogP contribution in [0.2, 0.25) is 0 Å². The number of para-hydroxylation sites is 1. The van der Waals surface area contributed by atoms with Gasteiger partial charge in [-0.25, -0.2) is 0 Å². The molecule has 3 N–H and O–H groups in total. The normalized spacial score (nSPS) is 9.68. The van der Waals surface area contributed by atoms with Crippen LogP contribution in [-0.2, 0) is 0 Å². The van der Waals surface area contributed by atoms with Gasteiger partial charge in [-0.1, -0.05) is 29.4 Å². The number of nitrogens with zero attached hydrogens (tertiary/aromatic N) is 3. The van der Waals surface area contributed by atoms with E-state index in [-0.39, 0.29) is 11.5 Å². The van der Waals surface area contributed by atoms with Crippen LogP contribution in [0.5, 0.6) is 0 Å². The van der Waals surface area contributed by atoms with Crippen molar-refractivity contribution in [3.05, 3.63) is 69.6 Å². The molecule has 0 fully saturated rings. The van der Waals surface area contributed by atoms with Crippen LogP contribution < -0.4 is 11.1 Å². The third-order valence-corrected chi connectivity index (χ3v) is 3.07. The van der Waals surface area contributed by atoms with Crippen molar-refractivity contribution in [2.75, 3.05) is 5.32 Å². The Labute approximate surface area is 126 Å². The van der Waals surface area contributed by atoms with Gasteiger partial charge in [-0.05, 0) is 36.2 Å². The molecule has 0 aliphatic heterocycles. The fraction of sp³-hybridized carbons (Fsp3) is 0.0667. The van der Waals surface area contributed by atoms with Crippen molar-refractivity contribution < 1.29 is 9.59 Å². The van der Waals surface area contributed by atoms with Crippen LogP contribution in [0, 0.1) is 6.92 Å². The standard InChI is InChI=1S/C15H13N5O2/c1-9-3-2-4-12(14(16)21)13(9)18-15(22)10-5-7-11(8-6-10)19-20-17/h2-8H,1H3,(H2,16,21)(H,18,22). The summed E-state index contributed by atoms with van der Waals surface area (Å²) in [5.74, 6) is -0.998. The number of rotatable bonds is 4. The summed E-state index contributed by atoms with van der Waals surface area (Å²) in [6.45, 7) is 1.77. The Hall–Kier alpha value is -3.31. The maximum absolute atomic E-state index is 12.2. The molecule has 0 aliphatic carbocycles. The van der Waals surface area contributed by atoms with Gasteiger partial charge in [0, 0.05) is 16.2 Å². The van der Waals surface area contributed by atoms with Crippen molar-refractivity contribution in [1.82, 2.24) is 0 Å². The zero-order valence-corrected chi connectivity index (χ0v) is 11.8. The van der Waals surface area contributed by atoms with E-state index in [1.807, 2.05) is 0 Å². The fourth-order valence-electron chi connectivity index (χ4n) is 1.96. The van der Waals surface area contributed by atoms with Crippen molar-refractivity contribution >= 4 is 23.2 Å². The molecule has 22 heavy (non-hydrogen) atoms. The van der Waals surface area contributed by atoms with Crippen LogP contribution in [-0.4, -0.2) is 11.8 Å². The molecule has 0 radical (unpaired) electrons. The number of nitrogens with one attached hydrogen (secondary N) is 1. The van der Waals surface area contributed by atoms with E-state index in [1.165, 1.54) is 24.3 Å². The number of aryl methyl sites for hydroxylation is 1. The largest absolute Gasteiger partial charge is 0.366 e. The molecule has 2 aromatic rings. The molecule has 0 bridgehead atoms. The molecule has 2 rings (SSSR count). The van der Waals surface area contributed by atoms with Crippen LogP contribution in [0.15, 0.2) is 47.6 Å². The minimum Gasteiger partial charge on any atom is -0.366 e. The molecule has 0 saturated heterocycles. The predicted octanol–water partition coefficient (Wildman–Crippen LogP) is 3.29. The predicted molar refractivity (Wildman–Crippen MR) is 82.9 cm³/mol. The van der Waals surface area contributed by atoms with Gasteiger partial charge < -0.3 is 11.1 Å². The first-order valence-corrected chi connectivity index (χ1v) is 6.39. The lowest BCUT2D eigenvalue weighted by Gasteiger charge is -2.12. The molecule has 7 nitrogen and oxygen atoms in total. The summed E-state index contributed by atoms with van der Waals surface area (Å²) in [7, 11) is 0. The van der Waals surface area contributed by atoms with Gasteiger partial charge in [0.2, 0.25) is 0 Å². The molecule has 2 amide bonds. The van der Waals surface area contributed by atoms with Crippen molar-refractivity contribution in [3.63, 3.8) is 0 Å². The third kappa shape index (κ3) is 3.23. The molecule has 0 saturated carbocycles. The molecular formula is C15H13N5O2. The Morgan fingerprint density at radius 1 is 1.18 bits per heavy atom. The second kappa shape index (κ2) is 6.43. The Kier molecular flexibility index (Phi) is 4.41. The lowest BCUT2D eigenvalue weighted by molar-refractivity contribution is 0.100. The summed E-state index contributed by atoms with van der Waals surface area (Å²) in [5, 5.41) is 6.11. The van der Waals surface area contributed by atoms with E-state index < -0.39 is 5.91 Å². The summed E-state index contributed by atoms with van der Waals surface area (Å²) in [5.41, 5.74) is 15.8. The molecule has 0 atom stereocenters. The molecule has 2 aromatic carbocycles. The van der Waals surface area contributed by atoms with Crippen molar-refractivity contribution in [2.45, 2.75) is 6.92 Å². The molecule has 0 heterocycles. The summed E-state index contributed by atoms with van der Waals surface area (Å²) >= 11 is 0. The topological polar surface area (TPSA) is 121 Å². The van der Waals surface area contributed by atoms with E-state index in [0.717, 1.165) is 5.56 Å². The number of amides is 2. The van der Waals surface area contributed by atoms with Crippen LogP contribution in [0.25, 0.3) is 10.4 Å². The lowest BCUT2D eigenvalue weighted by atomic mass is 10.1. The van der Waals surface area contributed by atoms with Gasteiger partial charge in [0.1, 0.15) is 0 Å². The zero-order chi connectivity index (χ0) is 16.1. The van der Waals surface area contributed by atoms with Crippen LogP contribution in [0.1, 0.15) is 26.3 Å². The number of hydrogen-bond donors (Lipinski definition) is 2. The zero-order valence-electron chi connectivity index (χ0n) is 11.8. The average Bonchev–Trinajstić information content (AvgIpc) is 2.50. The summed E-state index contributed by atoms with van der Waals surface area (Å²) in [6.07, 6.45) is 0. The van der Waals surface area contributed by atoms with Gasteiger partial charge in [-0.15, -0.1) is 0 Å². The number of benzene rings is 2. The SMILES string of the molecule is Cc1cccc(C(N)=O)c1NC(=O)c1ccc(N=[N+]=[N-])cc1. The van der Waals surface area contributed by atoms with Crippen LogP contribution in [0.4, 0.5) is 11.4 Å². The van der Waals surface area contributed by atoms with Crippen LogP contribution in [0.3, 0.4) is 0 Å². The molecule has 110 valence electrons. The minimum atomic E-state index is -0.613. The highest BCUT2D eigenvalue weighted by Crippen LogP contribution is 2.21. The van der Waals surface area contributed by atoms with Crippen molar-refractivity contribution in [1.29, 1.82) is 0 Å². The smallest absolute Gasteiger partial charge is 0.255 e. The number of azide groups is 1.